The Morgan fingerprint density at radius 3 is 2.20 bits per heavy atom. The number of rotatable bonds is 2. The SMILES string of the molecule is CN(C(=O)c1cc(F)c(F)c(F)c1)c1ccccc1N. The number of nitrogens with two attached hydrogens (primary N) is 1. The van der Waals surface area contributed by atoms with Gasteiger partial charge in [-0.2, -0.15) is 0 Å². The molecule has 0 radical (unpaired) electrons. The molecule has 2 N–H and O–H groups in total. The van der Waals surface area contributed by atoms with Crippen molar-refractivity contribution in [3.8, 4) is 0 Å². The Hall–Kier alpha value is -2.50. The van der Waals surface area contributed by atoms with E-state index in [1.165, 1.54) is 7.05 Å². The highest BCUT2D eigenvalue weighted by atomic mass is 19.2. The number of benzene rings is 2. The molecule has 0 aliphatic rings. The van der Waals surface area contributed by atoms with Gasteiger partial charge in [0.2, 0.25) is 0 Å². The van der Waals surface area contributed by atoms with Crippen LogP contribution in [0.15, 0.2) is 36.4 Å². The maximum atomic E-state index is 13.1. The lowest BCUT2D eigenvalue weighted by Crippen LogP contribution is -2.27. The van der Waals surface area contributed by atoms with Crippen molar-refractivity contribution >= 4 is 17.3 Å². The van der Waals surface area contributed by atoms with Gasteiger partial charge in [0, 0.05) is 12.6 Å². The zero-order valence-corrected chi connectivity index (χ0v) is 10.5. The second-order valence-electron chi connectivity index (χ2n) is 4.18. The first-order valence-corrected chi connectivity index (χ1v) is 5.69. The zero-order valence-electron chi connectivity index (χ0n) is 10.5. The van der Waals surface area contributed by atoms with Crippen molar-refractivity contribution < 1.29 is 18.0 Å². The number of halogens is 3. The molecule has 0 fully saturated rings. The van der Waals surface area contributed by atoms with Gasteiger partial charge in [0.05, 0.1) is 11.4 Å². The largest absolute Gasteiger partial charge is 0.397 e. The molecule has 3 nitrogen and oxygen atoms in total. The molecule has 0 aromatic heterocycles. The first kappa shape index (κ1) is 13.9. The first-order chi connectivity index (χ1) is 9.41. The lowest BCUT2D eigenvalue weighted by atomic mass is 10.1. The number of anilines is 2. The molecule has 0 saturated carbocycles. The summed E-state index contributed by atoms with van der Waals surface area (Å²) in [6, 6.07) is 7.83. The number of para-hydroxylation sites is 2. The summed E-state index contributed by atoms with van der Waals surface area (Å²) in [6.07, 6.45) is 0. The van der Waals surface area contributed by atoms with Gasteiger partial charge in [-0.25, -0.2) is 13.2 Å². The summed E-state index contributed by atoms with van der Waals surface area (Å²) in [6.45, 7) is 0. The van der Waals surface area contributed by atoms with Crippen molar-refractivity contribution in [1.29, 1.82) is 0 Å². The molecule has 0 atom stereocenters. The quantitative estimate of drug-likeness (QED) is 0.679. The van der Waals surface area contributed by atoms with Gasteiger partial charge in [-0.3, -0.25) is 4.79 Å². The predicted molar refractivity (Wildman–Crippen MR) is 69.9 cm³/mol. The van der Waals surface area contributed by atoms with Crippen LogP contribution in [0.25, 0.3) is 0 Å². The summed E-state index contributed by atoms with van der Waals surface area (Å²) in [5.41, 5.74) is 6.15. The lowest BCUT2D eigenvalue weighted by Gasteiger charge is -2.19. The number of carbonyl (C=O) groups is 1. The molecule has 1 amide bonds. The molecule has 0 bridgehead atoms. The van der Waals surface area contributed by atoms with E-state index in [-0.39, 0.29) is 5.56 Å². The van der Waals surface area contributed by atoms with Gasteiger partial charge in [-0.15, -0.1) is 0 Å². The molecule has 2 aromatic rings. The van der Waals surface area contributed by atoms with E-state index in [2.05, 4.69) is 0 Å². The molecular weight excluding hydrogens is 269 g/mol. The predicted octanol–water partition coefficient (Wildman–Crippen LogP) is 2.96. The second kappa shape index (κ2) is 5.24. The fourth-order valence-electron chi connectivity index (χ4n) is 1.78. The topological polar surface area (TPSA) is 46.3 Å². The molecular formula is C14H11F3N2O. The highest BCUT2D eigenvalue weighted by molar-refractivity contribution is 6.07. The first-order valence-electron chi connectivity index (χ1n) is 5.69. The van der Waals surface area contributed by atoms with Crippen molar-refractivity contribution in [3.05, 3.63) is 59.4 Å². The molecule has 20 heavy (non-hydrogen) atoms. The third-order valence-corrected chi connectivity index (χ3v) is 2.83. The Balaban J connectivity index is 2.39. The number of hydrogen-bond acceptors (Lipinski definition) is 2. The fraction of sp³-hybridized carbons (Fsp3) is 0.0714. The van der Waals surface area contributed by atoms with E-state index in [4.69, 9.17) is 5.73 Å². The lowest BCUT2D eigenvalue weighted by molar-refractivity contribution is 0.0992. The smallest absolute Gasteiger partial charge is 0.258 e. The van der Waals surface area contributed by atoms with Crippen LogP contribution in [0, 0.1) is 17.5 Å². The fourth-order valence-corrected chi connectivity index (χ4v) is 1.78. The number of nitrogens with zero attached hydrogens (tertiary/aromatic N) is 1. The zero-order chi connectivity index (χ0) is 14.9. The highest BCUT2D eigenvalue weighted by Gasteiger charge is 2.19. The van der Waals surface area contributed by atoms with Crippen LogP contribution in [0.5, 0.6) is 0 Å². The van der Waals surface area contributed by atoms with Crippen molar-refractivity contribution in [2.45, 2.75) is 0 Å². The van der Waals surface area contributed by atoms with Crippen LogP contribution >= 0.6 is 0 Å². The summed E-state index contributed by atoms with van der Waals surface area (Å²) in [5.74, 6) is -5.13. The highest BCUT2D eigenvalue weighted by Crippen LogP contribution is 2.23. The minimum absolute atomic E-state index is 0.299. The van der Waals surface area contributed by atoms with Crippen molar-refractivity contribution in [3.63, 3.8) is 0 Å². The van der Waals surface area contributed by atoms with Gasteiger partial charge in [-0.05, 0) is 24.3 Å². The van der Waals surface area contributed by atoms with Crippen molar-refractivity contribution in [2.75, 3.05) is 17.7 Å². The Bertz CT molecular complexity index is 650. The Labute approximate surface area is 113 Å². The third-order valence-electron chi connectivity index (χ3n) is 2.83. The van der Waals surface area contributed by atoms with Crippen LogP contribution in [0.4, 0.5) is 24.5 Å². The van der Waals surface area contributed by atoms with Crippen molar-refractivity contribution in [1.82, 2.24) is 0 Å². The molecule has 0 spiro atoms. The van der Waals surface area contributed by atoms with E-state index < -0.39 is 23.4 Å². The average Bonchev–Trinajstić information content (AvgIpc) is 2.43. The van der Waals surface area contributed by atoms with Crippen LogP contribution in [-0.2, 0) is 0 Å². The summed E-state index contributed by atoms with van der Waals surface area (Å²) >= 11 is 0. The van der Waals surface area contributed by atoms with Gasteiger partial charge < -0.3 is 10.6 Å². The monoisotopic (exact) mass is 280 g/mol. The van der Waals surface area contributed by atoms with E-state index in [0.29, 0.717) is 23.5 Å². The molecule has 0 saturated heterocycles. The molecule has 0 aliphatic carbocycles. The van der Waals surface area contributed by atoms with Gasteiger partial charge in [-0.1, -0.05) is 12.1 Å². The van der Waals surface area contributed by atoms with E-state index >= 15 is 0 Å². The normalized spacial score (nSPS) is 10.4. The molecule has 6 heteroatoms. The Kier molecular flexibility index (Phi) is 3.65. The molecule has 2 rings (SSSR count). The minimum atomic E-state index is -1.61. The molecule has 0 unspecified atom stereocenters. The van der Waals surface area contributed by atoms with Gasteiger partial charge in [0.25, 0.3) is 5.91 Å². The molecule has 2 aromatic carbocycles. The van der Waals surface area contributed by atoms with E-state index in [1.807, 2.05) is 0 Å². The summed E-state index contributed by atoms with van der Waals surface area (Å²) < 4.78 is 39.1. The average molecular weight is 280 g/mol. The maximum Gasteiger partial charge on any atom is 0.258 e. The van der Waals surface area contributed by atoms with Gasteiger partial charge in [0.1, 0.15) is 0 Å². The van der Waals surface area contributed by atoms with Crippen LogP contribution in [0.1, 0.15) is 10.4 Å². The van der Waals surface area contributed by atoms with Gasteiger partial charge in [0.15, 0.2) is 17.5 Å². The number of carbonyl (C=O) groups excluding carboxylic acids is 1. The number of nitrogen functional groups attached to an aromatic ring is 1. The van der Waals surface area contributed by atoms with Crippen LogP contribution in [-0.4, -0.2) is 13.0 Å². The van der Waals surface area contributed by atoms with Crippen molar-refractivity contribution in [2.24, 2.45) is 0 Å². The summed E-state index contributed by atoms with van der Waals surface area (Å²) in [7, 11) is 1.41. The maximum absolute atomic E-state index is 13.1. The number of hydrogen-bond donors (Lipinski definition) is 1. The standard InChI is InChI=1S/C14H11F3N2O/c1-19(12-5-3-2-4-11(12)18)14(20)8-6-9(15)13(17)10(16)7-8/h2-7H,18H2,1H3. The van der Waals surface area contributed by atoms with E-state index in [9.17, 15) is 18.0 Å². The molecule has 0 heterocycles. The van der Waals surface area contributed by atoms with Gasteiger partial charge >= 0.3 is 0 Å². The molecule has 104 valence electrons. The van der Waals surface area contributed by atoms with E-state index in [0.717, 1.165) is 4.90 Å². The van der Waals surface area contributed by atoms with Crippen LogP contribution < -0.4 is 10.6 Å². The van der Waals surface area contributed by atoms with E-state index in [1.54, 1.807) is 24.3 Å². The molecule has 0 aliphatic heterocycles. The third kappa shape index (κ3) is 2.45. The summed E-state index contributed by atoms with van der Waals surface area (Å²) in [5, 5.41) is 0. The Morgan fingerprint density at radius 1 is 1.10 bits per heavy atom. The van der Waals surface area contributed by atoms with Crippen LogP contribution in [0.3, 0.4) is 0 Å². The summed E-state index contributed by atoms with van der Waals surface area (Å²) in [4.78, 5) is 13.3. The minimum Gasteiger partial charge on any atom is -0.397 e. The number of amides is 1. The Morgan fingerprint density at radius 2 is 1.65 bits per heavy atom. The second-order valence-corrected chi connectivity index (χ2v) is 4.18. The van der Waals surface area contributed by atoms with Crippen LogP contribution in [0.2, 0.25) is 0 Å².